The zero-order chi connectivity index (χ0) is 11.4. The van der Waals surface area contributed by atoms with Crippen molar-refractivity contribution >= 4 is 11.8 Å². The van der Waals surface area contributed by atoms with Crippen LogP contribution in [0, 0.1) is 5.92 Å². The molecule has 0 aliphatic heterocycles. The molecule has 0 radical (unpaired) electrons. The quantitative estimate of drug-likeness (QED) is 0.738. The third-order valence-electron chi connectivity index (χ3n) is 2.00. The third-order valence-corrected chi connectivity index (χ3v) is 3.28. The van der Waals surface area contributed by atoms with Crippen molar-refractivity contribution in [2.24, 2.45) is 5.92 Å². The maximum atomic E-state index is 11.4. The van der Waals surface area contributed by atoms with E-state index in [9.17, 15) is 4.79 Å². The van der Waals surface area contributed by atoms with Gasteiger partial charge in [-0.1, -0.05) is 18.7 Å². The molecule has 1 heterocycles. The summed E-state index contributed by atoms with van der Waals surface area (Å²) in [6.07, 6.45) is 0. The fourth-order valence-electron chi connectivity index (χ4n) is 1.12. The van der Waals surface area contributed by atoms with Crippen LogP contribution < -0.4 is 5.69 Å². The van der Waals surface area contributed by atoms with Gasteiger partial charge in [0.1, 0.15) is 0 Å². The van der Waals surface area contributed by atoms with E-state index in [-0.39, 0.29) is 24.3 Å². The number of H-pyrrole nitrogens is 1. The van der Waals surface area contributed by atoms with Crippen LogP contribution in [-0.4, -0.2) is 32.2 Å². The number of aromatic nitrogens is 3. The molecule has 86 valence electrons. The molecule has 0 aliphatic carbocycles. The van der Waals surface area contributed by atoms with Gasteiger partial charge in [0.2, 0.25) is 0 Å². The minimum atomic E-state index is -0.177. The fourth-order valence-corrected chi connectivity index (χ4v) is 2.20. The van der Waals surface area contributed by atoms with Crippen LogP contribution in [0.3, 0.4) is 0 Å². The lowest BCUT2D eigenvalue weighted by molar-refractivity contribution is 0.250. The fraction of sp³-hybridized carbons (Fsp3) is 0.778. The smallest absolute Gasteiger partial charge is 0.344 e. The van der Waals surface area contributed by atoms with Gasteiger partial charge in [-0.15, -0.1) is 5.10 Å². The highest BCUT2D eigenvalue weighted by Crippen LogP contribution is 2.19. The second-order valence-electron chi connectivity index (χ2n) is 3.87. The molecule has 0 saturated carbocycles. The van der Waals surface area contributed by atoms with Crippen LogP contribution >= 0.6 is 11.8 Å². The van der Waals surface area contributed by atoms with Crippen molar-refractivity contribution in [2.45, 2.75) is 32.0 Å². The van der Waals surface area contributed by atoms with Crippen molar-refractivity contribution in [3.63, 3.8) is 0 Å². The van der Waals surface area contributed by atoms with Gasteiger partial charge < -0.3 is 5.11 Å². The van der Waals surface area contributed by atoms with E-state index >= 15 is 0 Å². The van der Waals surface area contributed by atoms with Crippen LogP contribution in [0.2, 0.25) is 0 Å². The van der Waals surface area contributed by atoms with E-state index in [1.807, 2.05) is 20.8 Å². The average Bonchev–Trinajstić information content (AvgIpc) is 2.56. The molecular formula is C9H17N3O2S. The summed E-state index contributed by atoms with van der Waals surface area (Å²) in [6, 6.07) is 0.100. The van der Waals surface area contributed by atoms with Gasteiger partial charge in [0.05, 0.1) is 0 Å². The van der Waals surface area contributed by atoms with E-state index in [2.05, 4.69) is 10.2 Å². The van der Waals surface area contributed by atoms with Crippen molar-refractivity contribution in [3.8, 4) is 0 Å². The zero-order valence-electron chi connectivity index (χ0n) is 9.23. The van der Waals surface area contributed by atoms with Crippen LogP contribution in [-0.2, 0) is 0 Å². The average molecular weight is 231 g/mol. The van der Waals surface area contributed by atoms with Gasteiger partial charge >= 0.3 is 5.69 Å². The van der Waals surface area contributed by atoms with Crippen molar-refractivity contribution in [1.82, 2.24) is 14.8 Å². The normalized spacial score (nSPS) is 13.4. The van der Waals surface area contributed by atoms with Crippen LogP contribution in [0.4, 0.5) is 0 Å². The lowest BCUT2D eigenvalue weighted by atomic mass is 10.2. The van der Waals surface area contributed by atoms with Gasteiger partial charge in [0, 0.05) is 18.4 Å². The summed E-state index contributed by atoms with van der Waals surface area (Å²) in [7, 11) is 0. The Labute approximate surface area is 92.9 Å². The summed E-state index contributed by atoms with van der Waals surface area (Å²) in [5.41, 5.74) is -0.177. The molecule has 5 nitrogen and oxygen atoms in total. The van der Waals surface area contributed by atoms with E-state index < -0.39 is 0 Å². The van der Waals surface area contributed by atoms with Crippen molar-refractivity contribution < 1.29 is 5.11 Å². The molecule has 6 heteroatoms. The Hall–Kier alpha value is -0.750. The number of thioether (sulfide) groups is 1. The minimum Gasteiger partial charge on any atom is -0.396 e. The van der Waals surface area contributed by atoms with E-state index in [1.165, 1.54) is 11.8 Å². The predicted molar refractivity (Wildman–Crippen MR) is 60.2 cm³/mol. The van der Waals surface area contributed by atoms with E-state index in [1.54, 1.807) is 4.57 Å². The highest BCUT2D eigenvalue weighted by Gasteiger charge is 2.12. The molecule has 15 heavy (non-hydrogen) atoms. The summed E-state index contributed by atoms with van der Waals surface area (Å²) < 4.78 is 1.62. The number of aromatic amines is 1. The van der Waals surface area contributed by atoms with Gasteiger partial charge in [-0.3, -0.25) is 4.57 Å². The molecule has 0 bridgehead atoms. The first-order chi connectivity index (χ1) is 7.06. The molecule has 1 unspecified atom stereocenters. The Morgan fingerprint density at radius 2 is 2.20 bits per heavy atom. The maximum Gasteiger partial charge on any atom is 0.344 e. The Morgan fingerprint density at radius 3 is 2.73 bits per heavy atom. The van der Waals surface area contributed by atoms with Gasteiger partial charge in [-0.05, 0) is 19.8 Å². The van der Waals surface area contributed by atoms with Gasteiger partial charge in [-0.25, -0.2) is 9.89 Å². The number of aliphatic hydroxyl groups excluding tert-OH is 1. The summed E-state index contributed by atoms with van der Waals surface area (Å²) in [4.78, 5) is 11.4. The first-order valence-electron chi connectivity index (χ1n) is 4.96. The predicted octanol–water partition coefficient (Wildman–Crippen LogP) is 0.873. The number of nitrogens with one attached hydrogen (secondary N) is 1. The molecule has 0 saturated heterocycles. The second kappa shape index (κ2) is 5.37. The molecule has 0 fully saturated rings. The minimum absolute atomic E-state index is 0.100. The maximum absolute atomic E-state index is 11.4. The highest BCUT2D eigenvalue weighted by molar-refractivity contribution is 7.99. The first kappa shape index (κ1) is 12.3. The molecule has 0 spiro atoms. The number of nitrogens with zero attached hydrogens (tertiary/aromatic N) is 2. The summed E-state index contributed by atoms with van der Waals surface area (Å²) in [5, 5.41) is 16.0. The molecule has 0 amide bonds. The second-order valence-corrected chi connectivity index (χ2v) is 4.86. The van der Waals surface area contributed by atoms with Crippen molar-refractivity contribution in [2.75, 3.05) is 12.4 Å². The number of hydrogen-bond donors (Lipinski definition) is 2. The molecule has 1 aromatic heterocycles. The molecular weight excluding hydrogens is 214 g/mol. The van der Waals surface area contributed by atoms with E-state index in [4.69, 9.17) is 5.11 Å². The topological polar surface area (TPSA) is 70.9 Å². The van der Waals surface area contributed by atoms with Crippen LogP contribution in [0.5, 0.6) is 0 Å². The summed E-state index contributed by atoms with van der Waals surface area (Å²) in [5.74, 6) is 0.968. The molecule has 1 rings (SSSR count). The molecule has 1 atom stereocenters. The van der Waals surface area contributed by atoms with Gasteiger partial charge in [0.15, 0.2) is 5.16 Å². The van der Waals surface area contributed by atoms with Gasteiger partial charge in [-0.2, -0.15) is 0 Å². The molecule has 0 aliphatic rings. The van der Waals surface area contributed by atoms with E-state index in [0.717, 1.165) is 5.75 Å². The highest BCUT2D eigenvalue weighted by atomic mass is 32.2. The molecule has 0 aromatic carbocycles. The third kappa shape index (κ3) is 3.10. The van der Waals surface area contributed by atoms with Crippen molar-refractivity contribution in [3.05, 3.63) is 10.5 Å². The van der Waals surface area contributed by atoms with E-state index in [0.29, 0.717) is 5.16 Å². The summed E-state index contributed by atoms with van der Waals surface area (Å²) in [6.45, 7) is 5.99. The number of aliphatic hydroxyl groups is 1. The lowest BCUT2D eigenvalue weighted by Crippen LogP contribution is -2.19. The van der Waals surface area contributed by atoms with Crippen LogP contribution in [0.1, 0.15) is 26.8 Å². The van der Waals surface area contributed by atoms with Gasteiger partial charge in [0.25, 0.3) is 0 Å². The largest absolute Gasteiger partial charge is 0.396 e. The Bertz CT molecular complexity index is 358. The first-order valence-corrected chi connectivity index (χ1v) is 5.95. The standard InChI is InChI=1S/C9H17N3O2S/c1-6(2)12-8(14)10-11-9(12)15-5-7(3)4-13/h6-7,13H,4-5H2,1-3H3,(H,10,14). The lowest BCUT2D eigenvalue weighted by Gasteiger charge is -2.10. The molecule has 2 N–H and O–H groups in total. The zero-order valence-corrected chi connectivity index (χ0v) is 10.0. The number of rotatable bonds is 5. The molecule has 1 aromatic rings. The van der Waals surface area contributed by atoms with Crippen molar-refractivity contribution in [1.29, 1.82) is 0 Å². The van der Waals surface area contributed by atoms with Crippen LogP contribution in [0.15, 0.2) is 9.95 Å². The Morgan fingerprint density at radius 1 is 1.53 bits per heavy atom. The SMILES string of the molecule is CC(CO)CSc1n[nH]c(=O)n1C(C)C. The summed E-state index contributed by atoms with van der Waals surface area (Å²) >= 11 is 1.49. The number of hydrogen-bond acceptors (Lipinski definition) is 4. The van der Waals surface area contributed by atoms with Crippen LogP contribution in [0.25, 0.3) is 0 Å². The monoisotopic (exact) mass is 231 g/mol. The Kier molecular flexibility index (Phi) is 4.41. The Balaban J connectivity index is 2.73.